The summed E-state index contributed by atoms with van der Waals surface area (Å²) in [6, 6.07) is 5.52. The van der Waals surface area contributed by atoms with Crippen LogP contribution in [0.1, 0.15) is 60.8 Å². The number of fused-ring (bicyclic) bond motifs is 1. The van der Waals surface area contributed by atoms with Gasteiger partial charge in [0.05, 0.1) is 36.7 Å². The van der Waals surface area contributed by atoms with Gasteiger partial charge in [-0.2, -0.15) is 0 Å². The summed E-state index contributed by atoms with van der Waals surface area (Å²) in [4.78, 5) is 43.0. The molecule has 4 rings (SSSR count). The predicted molar refractivity (Wildman–Crippen MR) is 139 cm³/mol. The highest BCUT2D eigenvalue weighted by Gasteiger charge is 2.80. The molecule has 0 saturated carbocycles. The molecule has 4 unspecified atom stereocenters. The minimum absolute atomic E-state index is 0.0552. The van der Waals surface area contributed by atoms with E-state index >= 15 is 0 Å². The van der Waals surface area contributed by atoms with Gasteiger partial charge in [-0.05, 0) is 70.7 Å². The fourth-order valence-electron chi connectivity index (χ4n) is 6.79. The molecule has 3 N–H and O–H groups in total. The van der Waals surface area contributed by atoms with Crippen LogP contribution in [0.2, 0.25) is 0 Å². The van der Waals surface area contributed by atoms with E-state index in [2.05, 4.69) is 10.6 Å². The van der Waals surface area contributed by atoms with Gasteiger partial charge in [0.1, 0.15) is 17.4 Å². The summed E-state index contributed by atoms with van der Waals surface area (Å²) in [6.45, 7) is 11.8. The molecule has 8 atom stereocenters. The van der Waals surface area contributed by atoms with E-state index in [4.69, 9.17) is 9.47 Å². The fraction of sp³-hybridized carbons (Fsp3) is 0.679. The second-order valence-corrected chi connectivity index (χ2v) is 11.1. The molecule has 3 heterocycles. The van der Waals surface area contributed by atoms with Gasteiger partial charge in [0.15, 0.2) is 0 Å². The average Bonchev–Trinajstić information content (AvgIpc) is 3.36. The van der Waals surface area contributed by atoms with Gasteiger partial charge in [0, 0.05) is 11.7 Å². The van der Waals surface area contributed by atoms with Crippen molar-refractivity contribution in [3.8, 4) is 5.75 Å². The third kappa shape index (κ3) is 4.40. The topological polar surface area (TPSA) is 117 Å². The average molecular weight is 516 g/mol. The third-order valence-corrected chi connectivity index (χ3v) is 8.57. The number of likely N-dealkylation sites (tertiary alicyclic amines) is 1. The molecule has 3 aliphatic heterocycles. The second kappa shape index (κ2) is 10.3. The molecule has 0 radical (unpaired) electrons. The summed E-state index contributed by atoms with van der Waals surface area (Å²) in [5.74, 6) is -1.87. The van der Waals surface area contributed by atoms with E-state index in [1.54, 1.807) is 31.2 Å². The molecule has 3 amide bonds. The maximum atomic E-state index is 14.0. The van der Waals surface area contributed by atoms with Gasteiger partial charge in [-0.15, -0.1) is 0 Å². The molecule has 3 saturated heterocycles. The summed E-state index contributed by atoms with van der Waals surface area (Å²) in [5, 5.41) is 16.0. The zero-order valence-corrected chi connectivity index (χ0v) is 22.7. The number of carbonyl (C=O) groups is 3. The molecule has 9 heteroatoms. The summed E-state index contributed by atoms with van der Waals surface area (Å²) in [6.07, 6.45) is 2.21. The Labute approximate surface area is 219 Å². The highest BCUT2D eigenvalue weighted by atomic mass is 16.5. The van der Waals surface area contributed by atoms with Crippen LogP contribution in [0.25, 0.3) is 0 Å². The quantitative estimate of drug-likeness (QED) is 0.441. The number of nitrogens with one attached hydrogen (secondary N) is 2. The van der Waals surface area contributed by atoms with Crippen molar-refractivity contribution in [3.05, 3.63) is 24.3 Å². The van der Waals surface area contributed by atoms with Gasteiger partial charge in [-0.25, -0.2) is 0 Å². The molecule has 1 spiro atoms. The lowest BCUT2D eigenvalue weighted by atomic mass is 9.62. The third-order valence-electron chi connectivity index (χ3n) is 8.57. The summed E-state index contributed by atoms with van der Waals surface area (Å²) in [7, 11) is 0. The number of carbonyl (C=O) groups excluding carboxylic acids is 3. The molecule has 3 aliphatic rings. The van der Waals surface area contributed by atoms with Crippen LogP contribution in [0.4, 0.5) is 5.69 Å². The fourth-order valence-corrected chi connectivity index (χ4v) is 6.79. The first-order valence-electron chi connectivity index (χ1n) is 13.5. The number of nitrogens with zero attached hydrogens (tertiary/aromatic N) is 1. The second-order valence-electron chi connectivity index (χ2n) is 11.1. The molecule has 1 aromatic rings. The number of benzene rings is 1. The molecular weight excluding hydrogens is 474 g/mol. The number of ether oxygens (including phenoxy) is 2. The van der Waals surface area contributed by atoms with Crippen molar-refractivity contribution in [2.75, 3.05) is 18.5 Å². The molecule has 0 aromatic heterocycles. The maximum absolute atomic E-state index is 14.0. The minimum Gasteiger partial charge on any atom is -0.494 e. The number of hydrogen-bond donors (Lipinski definition) is 3. The monoisotopic (exact) mass is 515 g/mol. The molecule has 1 aromatic carbocycles. The van der Waals surface area contributed by atoms with Gasteiger partial charge in [-0.1, -0.05) is 20.3 Å². The standard InChI is InChI=1S/C28H41N3O6/c1-7-9-17(4)29-25(34)23-28-14-16(3)27(6,37-28)21(22(28)26(35)31(23)18(5)15-32)24(33)30-19-10-12-20(13-11-19)36-8-2/h10-13,16-18,21-23,32H,7-9,14-15H2,1-6H3,(H,29,34)(H,30,33)/t16?,17?,18-,21+,22+,23?,27-,28?/m1/s1. The first-order chi connectivity index (χ1) is 17.5. The molecule has 3 fully saturated rings. The number of aliphatic hydroxyl groups excluding tert-OH is 1. The van der Waals surface area contributed by atoms with E-state index in [1.165, 1.54) is 4.90 Å². The largest absolute Gasteiger partial charge is 0.494 e. The summed E-state index contributed by atoms with van der Waals surface area (Å²) < 4.78 is 12.2. The zero-order chi connectivity index (χ0) is 27.1. The van der Waals surface area contributed by atoms with Gasteiger partial charge in [-0.3, -0.25) is 14.4 Å². The highest BCUT2D eigenvalue weighted by Crippen LogP contribution is 2.65. The van der Waals surface area contributed by atoms with E-state index < -0.39 is 35.1 Å². The summed E-state index contributed by atoms with van der Waals surface area (Å²) >= 11 is 0. The van der Waals surface area contributed by atoms with Crippen LogP contribution in [0.15, 0.2) is 24.3 Å². The number of hydrogen-bond acceptors (Lipinski definition) is 6. The molecule has 37 heavy (non-hydrogen) atoms. The van der Waals surface area contributed by atoms with E-state index in [-0.39, 0.29) is 36.3 Å². The van der Waals surface area contributed by atoms with E-state index in [0.717, 1.165) is 12.8 Å². The van der Waals surface area contributed by atoms with Gasteiger partial charge in [0.2, 0.25) is 17.7 Å². The Balaban J connectivity index is 1.69. The van der Waals surface area contributed by atoms with Crippen LogP contribution in [-0.2, 0) is 19.1 Å². The van der Waals surface area contributed by atoms with Crippen molar-refractivity contribution in [3.63, 3.8) is 0 Å². The number of rotatable bonds is 10. The molecule has 9 nitrogen and oxygen atoms in total. The van der Waals surface area contributed by atoms with Crippen molar-refractivity contribution < 1.29 is 29.0 Å². The summed E-state index contributed by atoms with van der Waals surface area (Å²) in [5.41, 5.74) is -1.45. The van der Waals surface area contributed by atoms with Crippen LogP contribution in [-0.4, -0.2) is 70.3 Å². The molecular formula is C28H41N3O6. The van der Waals surface area contributed by atoms with E-state index in [9.17, 15) is 19.5 Å². The number of anilines is 1. The normalized spacial score (nSPS) is 33.7. The van der Waals surface area contributed by atoms with Crippen LogP contribution < -0.4 is 15.4 Å². The Morgan fingerprint density at radius 2 is 1.89 bits per heavy atom. The smallest absolute Gasteiger partial charge is 0.246 e. The van der Waals surface area contributed by atoms with Crippen molar-refractivity contribution in [2.24, 2.45) is 17.8 Å². The zero-order valence-electron chi connectivity index (χ0n) is 22.7. The lowest BCUT2D eigenvalue weighted by molar-refractivity contribution is -0.149. The van der Waals surface area contributed by atoms with E-state index in [0.29, 0.717) is 24.5 Å². The highest BCUT2D eigenvalue weighted by molar-refractivity contribution is 6.02. The predicted octanol–water partition coefficient (Wildman–Crippen LogP) is 2.72. The Morgan fingerprint density at radius 3 is 2.49 bits per heavy atom. The lowest BCUT2D eigenvalue weighted by Crippen LogP contribution is -2.58. The first-order valence-corrected chi connectivity index (χ1v) is 13.5. The Kier molecular flexibility index (Phi) is 7.59. The van der Waals surface area contributed by atoms with Crippen LogP contribution in [0.3, 0.4) is 0 Å². The lowest BCUT2D eigenvalue weighted by Gasteiger charge is -2.36. The number of aliphatic hydroxyl groups is 1. The van der Waals surface area contributed by atoms with Gasteiger partial charge < -0.3 is 30.1 Å². The van der Waals surface area contributed by atoms with Crippen molar-refractivity contribution in [1.82, 2.24) is 10.2 Å². The van der Waals surface area contributed by atoms with Crippen molar-refractivity contribution >= 4 is 23.4 Å². The minimum atomic E-state index is -1.13. The van der Waals surface area contributed by atoms with Crippen molar-refractivity contribution in [1.29, 1.82) is 0 Å². The van der Waals surface area contributed by atoms with Crippen molar-refractivity contribution in [2.45, 2.75) is 90.1 Å². The van der Waals surface area contributed by atoms with Gasteiger partial charge in [0.25, 0.3) is 0 Å². The first kappa shape index (κ1) is 27.4. The SMILES string of the molecule is CCCC(C)NC(=O)C1N([C@H](C)CO)C(=O)[C@@H]2[C@@H](C(=O)Nc3ccc(OCC)cc3)[C@]3(C)OC12CC3C. The Bertz CT molecular complexity index is 1030. The molecule has 0 aliphatic carbocycles. The van der Waals surface area contributed by atoms with Crippen LogP contribution >= 0.6 is 0 Å². The molecule has 2 bridgehead atoms. The Morgan fingerprint density at radius 1 is 1.22 bits per heavy atom. The number of amides is 3. The Hall–Kier alpha value is -2.65. The van der Waals surface area contributed by atoms with E-state index in [1.807, 2.05) is 34.6 Å². The van der Waals surface area contributed by atoms with Crippen LogP contribution in [0.5, 0.6) is 5.75 Å². The van der Waals surface area contributed by atoms with Gasteiger partial charge >= 0.3 is 0 Å². The molecule has 204 valence electrons. The maximum Gasteiger partial charge on any atom is 0.246 e. The van der Waals surface area contributed by atoms with Crippen LogP contribution in [0, 0.1) is 17.8 Å².